The van der Waals surface area contributed by atoms with Crippen LogP contribution < -0.4 is 20.9 Å². The molecule has 0 fully saturated rings. The van der Waals surface area contributed by atoms with Crippen LogP contribution in [0.15, 0.2) is 72.8 Å². The molecule has 6 rings (SSSR count). The highest BCUT2D eigenvalue weighted by Crippen LogP contribution is 2.44. The van der Waals surface area contributed by atoms with Gasteiger partial charge in [-0.1, -0.05) is 78.2 Å². The molecule has 0 nitrogen and oxygen atoms in total. The summed E-state index contributed by atoms with van der Waals surface area (Å²) in [5.41, 5.74) is 14.9. The smallest absolute Gasteiger partial charge is 0.0412 e. The molecule has 108 valence electrons. The van der Waals surface area contributed by atoms with Crippen molar-refractivity contribution in [3.8, 4) is 22.3 Å². The summed E-state index contributed by atoms with van der Waals surface area (Å²) in [5, 5.41) is 4.81. The van der Waals surface area contributed by atoms with Crippen LogP contribution in [-0.4, -0.2) is 0 Å². The molecule has 0 heteroatoms. The minimum Gasteiger partial charge on any atom is -0.0616 e. The van der Waals surface area contributed by atoms with E-state index < -0.39 is 0 Å². The van der Waals surface area contributed by atoms with Crippen molar-refractivity contribution in [3.63, 3.8) is 0 Å². The van der Waals surface area contributed by atoms with Crippen LogP contribution >= 0.6 is 0 Å². The van der Waals surface area contributed by atoms with Crippen molar-refractivity contribution < 1.29 is 0 Å². The molecule has 3 aromatic rings. The van der Waals surface area contributed by atoms with E-state index in [0.29, 0.717) is 0 Å². The Hall–Kier alpha value is -3.30. The number of allylic oxidation sites excluding steroid dienone is 2. The fourth-order valence-electron chi connectivity index (χ4n) is 4.01. The summed E-state index contributed by atoms with van der Waals surface area (Å²) in [7, 11) is 0. The van der Waals surface area contributed by atoms with Gasteiger partial charge in [-0.2, -0.15) is 0 Å². The first-order chi connectivity index (χ1) is 11.9. The SMILES string of the molecule is C1=C=c2c3c(ccc2=C2C=CC2=c2ccccc2=1)-c1ccccc1-3. The van der Waals surface area contributed by atoms with Crippen LogP contribution in [0.1, 0.15) is 0 Å². The second kappa shape index (κ2) is 4.16. The molecule has 0 unspecified atom stereocenters. The molecule has 24 heavy (non-hydrogen) atoms. The van der Waals surface area contributed by atoms with E-state index in [1.54, 1.807) is 0 Å². The van der Waals surface area contributed by atoms with Gasteiger partial charge in [0.15, 0.2) is 0 Å². The molecule has 0 aromatic heterocycles. The van der Waals surface area contributed by atoms with E-state index in [0.717, 1.165) is 5.22 Å². The molecule has 0 spiro atoms. The fraction of sp³-hybridized carbons (Fsp3) is 0. The number of fused-ring (bicyclic) bond motifs is 8. The third-order valence-corrected chi connectivity index (χ3v) is 5.23. The van der Waals surface area contributed by atoms with Crippen LogP contribution in [0, 0.1) is 0 Å². The fourth-order valence-corrected chi connectivity index (χ4v) is 4.01. The first kappa shape index (κ1) is 12.2. The maximum absolute atomic E-state index is 3.49. The summed E-state index contributed by atoms with van der Waals surface area (Å²) in [6.45, 7) is 0. The quantitative estimate of drug-likeness (QED) is 0.467. The first-order valence-electron chi connectivity index (χ1n) is 8.23. The van der Waals surface area contributed by atoms with Gasteiger partial charge in [0.05, 0.1) is 0 Å². The lowest BCUT2D eigenvalue weighted by molar-refractivity contribution is 1.41. The lowest BCUT2D eigenvalue weighted by Crippen LogP contribution is -2.36. The van der Waals surface area contributed by atoms with Gasteiger partial charge >= 0.3 is 0 Å². The average molecular weight is 300 g/mol. The van der Waals surface area contributed by atoms with Crippen LogP contribution in [-0.2, 0) is 0 Å². The van der Waals surface area contributed by atoms with E-state index in [9.17, 15) is 0 Å². The highest BCUT2D eigenvalue weighted by atomic mass is 14.3. The van der Waals surface area contributed by atoms with Gasteiger partial charge in [0.25, 0.3) is 0 Å². The summed E-state index contributed by atoms with van der Waals surface area (Å²) >= 11 is 0. The van der Waals surface area contributed by atoms with Crippen LogP contribution in [0.4, 0.5) is 0 Å². The van der Waals surface area contributed by atoms with Crippen molar-refractivity contribution >= 4 is 22.6 Å². The van der Waals surface area contributed by atoms with Crippen molar-refractivity contribution in [2.45, 2.75) is 0 Å². The van der Waals surface area contributed by atoms with Gasteiger partial charge in [-0.3, -0.25) is 0 Å². The van der Waals surface area contributed by atoms with E-state index in [1.807, 2.05) is 0 Å². The zero-order valence-corrected chi connectivity index (χ0v) is 12.9. The third-order valence-electron chi connectivity index (χ3n) is 5.23. The Morgan fingerprint density at radius 1 is 0.542 bits per heavy atom. The Morgan fingerprint density at radius 2 is 1.29 bits per heavy atom. The van der Waals surface area contributed by atoms with Gasteiger partial charge in [0, 0.05) is 16.0 Å². The van der Waals surface area contributed by atoms with Crippen molar-refractivity contribution in [2.24, 2.45) is 0 Å². The average Bonchev–Trinajstić information content (AvgIpc) is 2.57. The van der Waals surface area contributed by atoms with Crippen LogP contribution in [0.2, 0.25) is 0 Å². The molecule has 0 N–H and O–H groups in total. The molecule has 3 aromatic carbocycles. The normalized spacial score (nSPS) is 14.3. The second-order valence-corrected chi connectivity index (χ2v) is 6.41. The molecule has 0 atom stereocenters. The summed E-state index contributed by atoms with van der Waals surface area (Å²) in [6, 6.07) is 21.6. The molecule has 3 aliphatic carbocycles. The lowest BCUT2D eigenvalue weighted by Gasteiger charge is -2.25. The van der Waals surface area contributed by atoms with Gasteiger partial charge in [-0.05, 0) is 44.3 Å². The lowest BCUT2D eigenvalue weighted by atomic mass is 9.78. The first-order valence-corrected chi connectivity index (χ1v) is 8.23. The summed E-state index contributed by atoms with van der Waals surface area (Å²) in [4.78, 5) is 0. The van der Waals surface area contributed by atoms with E-state index in [4.69, 9.17) is 0 Å². The van der Waals surface area contributed by atoms with Crippen LogP contribution in [0.3, 0.4) is 0 Å². The van der Waals surface area contributed by atoms with Gasteiger partial charge in [-0.15, -0.1) is 0 Å². The molecule has 0 saturated carbocycles. The molecule has 3 aliphatic rings. The van der Waals surface area contributed by atoms with Crippen molar-refractivity contribution in [1.29, 1.82) is 0 Å². The van der Waals surface area contributed by atoms with Crippen LogP contribution in [0.5, 0.6) is 0 Å². The van der Waals surface area contributed by atoms with Gasteiger partial charge in [-0.25, -0.2) is 0 Å². The highest BCUT2D eigenvalue weighted by Gasteiger charge is 2.24. The molecule has 0 amide bonds. The predicted molar refractivity (Wildman–Crippen MR) is 98.6 cm³/mol. The molecule has 0 saturated heterocycles. The number of hydrogen-bond donors (Lipinski definition) is 0. The maximum atomic E-state index is 3.49. The second-order valence-electron chi connectivity index (χ2n) is 6.41. The predicted octanol–water partition coefficient (Wildman–Crippen LogP) is 2.23. The zero-order valence-electron chi connectivity index (χ0n) is 12.9. The summed E-state index contributed by atoms with van der Waals surface area (Å²) < 4.78 is 0. The van der Waals surface area contributed by atoms with Crippen LogP contribution in [0.25, 0.3) is 44.9 Å². The highest BCUT2D eigenvalue weighted by molar-refractivity contribution is 6.08. The molecule has 0 bridgehead atoms. The van der Waals surface area contributed by atoms with E-state index in [-0.39, 0.29) is 0 Å². The third kappa shape index (κ3) is 1.36. The summed E-state index contributed by atoms with van der Waals surface area (Å²) in [6.07, 6.45) is 4.42. The summed E-state index contributed by atoms with van der Waals surface area (Å²) in [5.74, 6) is 0. The topological polar surface area (TPSA) is 0 Å². The van der Waals surface area contributed by atoms with E-state index in [2.05, 4.69) is 84.3 Å². The van der Waals surface area contributed by atoms with Gasteiger partial charge in [0.2, 0.25) is 0 Å². The van der Waals surface area contributed by atoms with Gasteiger partial charge < -0.3 is 0 Å². The van der Waals surface area contributed by atoms with Crippen molar-refractivity contribution in [1.82, 2.24) is 0 Å². The van der Waals surface area contributed by atoms with E-state index in [1.165, 1.54) is 49.1 Å². The Labute approximate surface area is 139 Å². The minimum atomic E-state index is 1.12. The zero-order chi connectivity index (χ0) is 15.7. The number of rotatable bonds is 0. The maximum Gasteiger partial charge on any atom is 0.0412 e. The molecule has 0 aliphatic heterocycles. The monoisotopic (exact) mass is 300 g/mol. The van der Waals surface area contributed by atoms with Crippen molar-refractivity contribution in [2.75, 3.05) is 0 Å². The van der Waals surface area contributed by atoms with Crippen molar-refractivity contribution in [3.05, 3.63) is 93.7 Å². The largest absolute Gasteiger partial charge is 0.0616 e. The Balaban J connectivity index is 1.93. The molecule has 0 radical (unpaired) electrons. The van der Waals surface area contributed by atoms with Gasteiger partial charge in [0.1, 0.15) is 0 Å². The van der Waals surface area contributed by atoms with E-state index >= 15 is 0 Å². The Bertz CT molecular complexity index is 1400. The minimum absolute atomic E-state index is 1.12. The Kier molecular flexibility index (Phi) is 2.11. The standard InChI is InChI=1S/C24H12/c1-2-6-16-15(5-1)9-10-22-20(19-12-11-18(16)19)13-14-23-17-7-3-4-8-21(17)24(22)23/h1-8,11-14H. The molecule has 0 heterocycles. The Morgan fingerprint density at radius 3 is 2.17 bits per heavy atom. The number of hydrogen-bond acceptors (Lipinski definition) is 0. The molecular weight excluding hydrogens is 288 g/mol. The molecular formula is C24H12. The number of benzene rings is 3.